The van der Waals surface area contributed by atoms with Gasteiger partial charge in [0, 0.05) is 20.1 Å². The molecule has 0 saturated carbocycles. The molecule has 1 heterocycles. The number of nitrogens with zero attached hydrogens (tertiary/aromatic N) is 3. The number of hydrogen-bond donors (Lipinski definition) is 2. The number of rotatable bonds is 6. The second-order valence-electron chi connectivity index (χ2n) is 3.46. The molecule has 1 rings (SSSR count). The Bertz CT molecular complexity index is 331. The van der Waals surface area contributed by atoms with Crippen molar-refractivity contribution in [3.05, 3.63) is 11.2 Å². The second kappa shape index (κ2) is 6.50. The summed E-state index contributed by atoms with van der Waals surface area (Å²) in [6.07, 6.45) is 1.59. The molecule has 0 atom stereocenters. The van der Waals surface area contributed by atoms with Gasteiger partial charge in [-0.15, -0.1) is 0 Å². The third-order valence-electron chi connectivity index (χ3n) is 2.29. The SMILES string of the molecule is CCN(C)CCNc1nc(NC)ncc1Cl. The van der Waals surface area contributed by atoms with E-state index in [0.29, 0.717) is 16.8 Å². The molecule has 16 heavy (non-hydrogen) atoms. The van der Waals surface area contributed by atoms with Crippen LogP contribution in [0.25, 0.3) is 0 Å². The number of nitrogens with one attached hydrogen (secondary N) is 2. The van der Waals surface area contributed by atoms with Crippen LogP contribution in [-0.2, 0) is 0 Å². The van der Waals surface area contributed by atoms with Crippen LogP contribution in [0.1, 0.15) is 6.92 Å². The minimum Gasteiger partial charge on any atom is -0.367 e. The molecule has 0 amide bonds. The number of hydrogen-bond acceptors (Lipinski definition) is 5. The molecule has 0 aliphatic heterocycles. The highest BCUT2D eigenvalue weighted by molar-refractivity contribution is 6.32. The summed E-state index contributed by atoms with van der Waals surface area (Å²) >= 11 is 5.97. The molecular formula is C10H18ClN5. The number of anilines is 2. The first-order valence-electron chi connectivity index (χ1n) is 5.30. The maximum atomic E-state index is 5.97. The average molecular weight is 244 g/mol. The number of likely N-dealkylation sites (N-methyl/N-ethyl adjacent to an activating group) is 1. The minimum absolute atomic E-state index is 0.540. The summed E-state index contributed by atoms with van der Waals surface area (Å²) in [6, 6.07) is 0. The average Bonchev–Trinajstić information content (AvgIpc) is 2.31. The predicted molar refractivity (Wildman–Crippen MR) is 68.2 cm³/mol. The van der Waals surface area contributed by atoms with Crippen LogP contribution in [0.5, 0.6) is 0 Å². The Morgan fingerprint density at radius 2 is 2.25 bits per heavy atom. The van der Waals surface area contributed by atoms with Crippen LogP contribution in [0.2, 0.25) is 5.02 Å². The summed E-state index contributed by atoms with van der Waals surface area (Å²) in [6.45, 7) is 4.91. The molecule has 0 fully saturated rings. The molecule has 0 aliphatic rings. The van der Waals surface area contributed by atoms with Gasteiger partial charge in [0.05, 0.1) is 6.20 Å². The quantitative estimate of drug-likeness (QED) is 0.794. The van der Waals surface area contributed by atoms with E-state index >= 15 is 0 Å². The Morgan fingerprint density at radius 1 is 1.50 bits per heavy atom. The zero-order valence-electron chi connectivity index (χ0n) is 9.92. The standard InChI is InChI=1S/C10H18ClN5/c1-4-16(3)6-5-13-9-8(11)7-14-10(12-2)15-9/h7H,4-6H2,1-3H3,(H2,12,13,14,15). The minimum atomic E-state index is 0.540. The van der Waals surface area contributed by atoms with Crippen molar-refractivity contribution in [3.8, 4) is 0 Å². The van der Waals surface area contributed by atoms with Crippen LogP contribution < -0.4 is 10.6 Å². The molecule has 2 N–H and O–H groups in total. The lowest BCUT2D eigenvalue weighted by Crippen LogP contribution is -2.25. The van der Waals surface area contributed by atoms with Crippen LogP contribution in [0, 0.1) is 0 Å². The molecule has 0 bridgehead atoms. The van der Waals surface area contributed by atoms with Gasteiger partial charge in [-0.2, -0.15) is 4.98 Å². The van der Waals surface area contributed by atoms with E-state index < -0.39 is 0 Å². The smallest absolute Gasteiger partial charge is 0.224 e. The summed E-state index contributed by atoms with van der Waals surface area (Å²) < 4.78 is 0. The first-order valence-corrected chi connectivity index (χ1v) is 5.67. The fourth-order valence-corrected chi connectivity index (χ4v) is 1.29. The molecule has 0 unspecified atom stereocenters. The van der Waals surface area contributed by atoms with Crippen molar-refractivity contribution in [1.29, 1.82) is 0 Å². The Labute approximate surface area is 101 Å². The molecule has 5 nitrogen and oxygen atoms in total. The van der Waals surface area contributed by atoms with Gasteiger partial charge in [0.2, 0.25) is 5.95 Å². The molecule has 1 aromatic heterocycles. The van der Waals surface area contributed by atoms with Crippen molar-refractivity contribution in [1.82, 2.24) is 14.9 Å². The number of halogens is 1. The predicted octanol–water partition coefficient (Wildman–Crippen LogP) is 1.54. The van der Waals surface area contributed by atoms with Gasteiger partial charge in [0.1, 0.15) is 5.02 Å². The monoisotopic (exact) mass is 243 g/mol. The normalized spacial score (nSPS) is 10.6. The van der Waals surface area contributed by atoms with Crippen molar-refractivity contribution in [3.63, 3.8) is 0 Å². The van der Waals surface area contributed by atoms with Crippen LogP contribution >= 0.6 is 11.6 Å². The zero-order valence-corrected chi connectivity index (χ0v) is 10.7. The van der Waals surface area contributed by atoms with Gasteiger partial charge >= 0.3 is 0 Å². The lowest BCUT2D eigenvalue weighted by molar-refractivity contribution is 0.367. The van der Waals surface area contributed by atoms with E-state index in [-0.39, 0.29) is 0 Å². The van der Waals surface area contributed by atoms with Crippen molar-refractivity contribution in [2.45, 2.75) is 6.92 Å². The summed E-state index contributed by atoms with van der Waals surface area (Å²) in [5, 5.41) is 6.60. The molecule has 0 aromatic carbocycles. The highest BCUT2D eigenvalue weighted by Crippen LogP contribution is 2.18. The largest absolute Gasteiger partial charge is 0.367 e. The van der Waals surface area contributed by atoms with Crippen molar-refractivity contribution in [2.24, 2.45) is 0 Å². The van der Waals surface area contributed by atoms with E-state index in [1.165, 1.54) is 0 Å². The molecule has 0 saturated heterocycles. The fourth-order valence-electron chi connectivity index (χ4n) is 1.13. The van der Waals surface area contributed by atoms with E-state index in [1.54, 1.807) is 13.2 Å². The third kappa shape index (κ3) is 3.83. The lowest BCUT2D eigenvalue weighted by atomic mass is 10.5. The van der Waals surface area contributed by atoms with Gasteiger partial charge in [0.15, 0.2) is 5.82 Å². The van der Waals surface area contributed by atoms with E-state index in [4.69, 9.17) is 11.6 Å². The summed E-state index contributed by atoms with van der Waals surface area (Å²) in [5.74, 6) is 1.24. The van der Waals surface area contributed by atoms with Crippen molar-refractivity contribution < 1.29 is 0 Å². The Kier molecular flexibility index (Phi) is 5.28. The molecule has 0 radical (unpaired) electrons. The first-order chi connectivity index (χ1) is 7.67. The highest BCUT2D eigenvalue weighted by atomic mass is 35.5. The fraction of sp³-hybridized carbons (Fsp3) is 0.600. The maximum absolute atomic E-state index is 5.97. The van der Waals surface area contributed by atoms with Crippen molar-refractivity contribution >= 4 is 23.4 Å². The molecule has 0 aliphatic carbocycles. The van der Waals surface area contributed by atoms with E-state index in [2.05, 4.69) is 39.5 Å². The molecule has 1 aromatic rings. The molecular weight excluding hydrogens is 226 g/mol. The Balaban J connectivity index is 2.52. The maximum Gasteiger partial charge on any atom is 0.224 e. The summed E-state index contributed by atoms with van der Waals surface area (Å²) in [7, 11) is 3.85. The molecule has 6 heteroatoms. The molecule has 90 valence electrons. The van der Waals surface area contributed by atoms with Gasteiger partial charge < -0.3 is 15.5 Å². The van der Waals surface area contributed by atoms with E-state index in [1.807, 2.05) is 0 Å². The third-order valence-corrected chi connectivity index (χ3v) is 2.57. The van der Waals surface area contributed by atoms with Crippen LogP contribution in [0.4, 0.5) is 11.8 Å². The van der Waals surface area contributed by atoms with Gasteiger partial charge in [-0.3, -0.25) is 0 Å². The molecule has 0 spiro atoms. The van der Waals surface area contributed by atoms with Crippen LogP contribution in [0.15, 0.2) is 6.20 Å². The van der Waals surface area contributed by atoms with Crippen LogP contribution in [-0.4, -0.2) is 48.6 Å². The van der Waals surface area contributed by atoms with E-state index in [9.17, 15) is 0 Å². The highest BCUT2D eigenvalue weighted by Gasteiger charge is 2.04. The van der Waals surface area contributed by atoms with E-state index in [0.717, 1.165) is 19.6 Å². The Morgan fingerprint density at radius 3 is 2.88 bits per heavy atom. The van der Waals surface area contributed by atoms with Crippen LogP contribution in [0.3, 0.4) is 0 Å². The van der Waals surface area contributed by atoms with Gasteiger partial charge in [-0.1, -0.05) is 18.5 Å². The lowest BCUT2D eigenvalue weighted by Gasteiger charge is -2.14. The van der Waals surface area contributed by atoms with Crippen molar-refractivity contribution in [2.75, 3.05) is 44.4 Å². The van der Waals surface area contributed by atoms with Gasteiger partial charge in [-0.25, -0.2) is 4.98 Å². The topological polar surface area (TPSA) is 53.1 Å². The first kappa shape index (κ1) is 13.0. The summed E-state index contributed by atoms with van der Waals surface area (Å²) in [5.41, 5.74) is 0. The second-order valence-corrected chi connectivity index (χ2v) is 3.87. The number of aromatic nitrogens is 2. The van der Waals surface area contributed by atoms with Gasteiger partial charge in [-0.05, 0) is 13.6 Å². The Hall–Kier alpha value is -1.07. The zero-order chi connectivity index (χ0) is 12.0. The summed E-state index contributed by atoms with van der Waals surface area (Å²) in [4.78, 5) is 10.5. The van der Waals surface area contributed by atoms with Gasteiger partial charge in [0.25, 0.3) is 0 Å².